The molecule has 0 unspecified atom stereocenters. The van der Waals surface area contributed by atoms with Gasteiger partial charge < -0.3 is 0 Å². The van der Waals surface area contributed by atoms with E-state index in [0.717, 1.165) is 12.8 Å². The third kappa shape index (κ3) is 2.28. The summed E-state index contributed by atoms with van der Waals surface area (Å²) in [7, 11) is 6.82. The Morgan fingerprint density at radius 1 is 1.20 bits per heavy atom. The van der Waals surface area contributed by atoms with Crippen LogP contribution in [-0.2, 0) is 22.3 Å². The van der Waals surface area contributed by atoms with Crippen LogP contribution in [0.4, 0.5) is 0 Å². The van der Waals surface area contributed by atoms with Crippen molar-refractivity contribution in [3.05, 3.63) is 43.0 Å². The first kappa shape index (κ1) is 11.6. The van der Waals surface area contributed by atoms with Gasteiger partial charge in [-0.05, 0) is 0 Å². The second-order valence-electron chi connectivity index (χ2n) is 3.68. The van der Waals surface area contributed by atoms with Crippen molar-refractivity contribution in [3.8, 4) is 0 Å². The number of rotatable bonds is 4. The SMILES string of the molecule is CC[O][Zr]([Cl])([C]1=CC=CC1)[C]1=CC=CC1. The molecule has 0 saturated heterocycles. The van der Waals surface area contributed by atoms with Gasteiger partial charge in [0.15, 0.2) is 0 Å². The molecule has 0 aromatic heterocycles. The Morgan fingerprint density at radius 3 is 2.07 bits per heavy atom. The van der Waals surface area contributed by atoms with Crippen molar-refractivity contribution in [1.29, 1.82) is 0 Å². The zero-order valence-electron chi connectivity index (χ0n) is 8.87. The predicted octanol–water partition coefficient (Wildman–Crippen LogP) is 3.93. The van der Waals surface area contributed by atoms with Crippen molar-refractivity contribution in [3.63, 3.8) is 0 Å². The average Bonchev–Trinajstić information content (AvgIpc) is 2.92. The van der Waals surface area contributed by atoms with E-state index in [1.165, 1.54) is 6.56 Å². The fourth-order valence-corrected chi connectivity index (χ4v) is 10.6. The summed E-state index contributed by atoms with van der Waals surface area (Å²) in [5, 5.41) is 0. The van der Waals surface area contributed by atoms with Crippen LogP contribution in [-0.4, -0.2) is 6.61 Å². The maximum atomic E-state index is 6.82. The molecule has 0 fully saturated rings. The van der Waals surface area contributed by atoms with Crippen LogP contribution < -0.4 is 0 Å². The van der Waals surface area contributed by atoms with Crippen LogP contribution in [0.2, 0.25) is 0 Å². The van der Waals surface area contributed by atoms with Crippen LogP contribution in [0.5, 0.6) is 0 Å². The van der Waals surface area contributed by atoms with Crippen LogP contribution >= 0.6 is 8.51 Å². The molecule has 0 atom stereocenters. The molecule has 0 N–H and O–H groups in total. The minimum absolute atomic E-state index is 0.717. The summed E-state index contributed by atoms with van der Waals surface area (Å²) in [4.78, 5) is 0. The van der Waals surface area contributed by atoms with E-state index in [1.807, 2.05) is 6.92 Å². The van der Waals surface area contributed by atoms with Crippen LogP contribution in [0, 0.1) is 0 Å². The van der Waals surface area contributed by atoms with E-state index in [-0.39, 0.29) is 0 Å². The first-order chi connectivity index (χ1) is 7.27. The van der Waals surface area contributed by atoms with Gasteiger partial charge in [0.25, 0.3) is 0 Å². The summed E-state index contributed by atoms with van der Waals surface area (Å²) in [6.07, 6.45) is 14.8. The zero-order chi connectivity index (χ0) is 10.7. The fourth-order valence-electron chi connectivity index (χ4n) is 1.96. The van der Waals surface area contributed by atoms with Crippen molar-refractivity contribution in [1.82, 2.24) is 0 Å². The van der Waals surface area contributed by atoms with E-state index in [2.05, 4.69) is 36.5 Å². The van der Waals surface area contributed by atoms with E-state index in [1.54, 1.807) is 0 Å². The topological polar surface area (TPSA) is 9.23 Å². The molecule has 0 spiro atoms. The molecule has 0 amide bonds. The summed E-state index contributed by atoms with van der Waals surface area (Å²) < 4.78 is 8.66. The molecule has 0 heterocycles. The van der Waals surface area contributed by atoms with Gasteiger partial charge in [0.1, 0.15) is 0 Å². The second-order valence-corrected chi connectivity index (χ2v) is 13.6. The molecule has 80 valence electrons. The average molecular weight is 302 g/mol. The van der Waals surface area contributed by atoms with E-state index >= 15 is 0 Å². The first-order valence-corrected chi connectivity index (χ1v) is 11.9. The standard InChI is InChI=1S/2C5H5.C2H5O.ClH.Zr/c2*1-2-4-5-3-1;1-2-3;;/h2*1-3H,4H2;2H2,1H3;1H;/q;;-1;;+2/p-1. The van der Waals surface area contributed by atoms with Crippen LogP contribution in [0.3, 0.4) is 0 Å². The summed E-state index contributed by atoms with van der Waals surface area (Å²) in [5.74, 6) is 0. The van der Waals surface area contributed by atoms with Crippen molar-refractivity contribution >= 4 is 8.51 Å². The molecule has 0 aliphatic heterocycles. The van der Waals surface area contributed by atoms with Gasteiger partial charge >= 0.3 is 100 Å². The van der Waals surface area contributed by atoms with Crippen molar-refractivity contribution < 1.29 is 22.3 Å². The molecule has 0 bridgehead atoms. The van der Waals surface area contributed by atoms with E-state index in [9.17, 15) is 0 Å². The van der Waals surface area contributed by atoms with Crippen molar-refractivity contribution in [2.45, 2.75) is 19.8 Å². The number of allylic oxidation sites excluding steroid dienone is 8. The van der Waals surface area contributed by atoms with Gasteiger partial charge in [-0.25, -0.2) is 0 Å². The summed E-state index contributed by atoms with van der Waals surface area (Å²) in [6, 6.07) is 0. The molecule has 1 nitrogen and oxygen atoms in total. The third-order valence-electron chi connectivity index (χ3n) is 2.71. The molecule has 0 aromatic carbocycles. The Balaban J connectivity index is 2.23. The Morgan fingerprint density at radius 2 is 1.73 bits per heavy atom. The molecule has 0 radical (unpaired) electrons. The molecular weight excluding hydrogens is 287 g/mol. The summed E-state index contributed by atoms with van der Waals surface area (Å²) in [5.41, 5.74) is 0. The van der Waals surface area contributed by atoms with Crippen LogP contribution in [0.1, 0.15) is 19.8 Å². The van der Waals surface area contributed by atoms with Gasteiger partial charge in [-0.3, -0.25) is 0 Å². The number of hydrogen-bond donors (Lipinski definition) is 0. The van der Waals surface area contributed by atoms with E-state index in [0.29, 0.717) is 6.61 Å². The monoisotopic (exact) mass is 300 g/mol. The molecule has 0 saturated carbocycles. The first-order valence-electron chi connectivity index (χ1n) is 5.32. The second kappa shape index (κ2) is 4.95. The molecule has 15 heavy (non-hydrogen) atoms. The molecule has 2 aliphatic rings. The van der Waals surface area contributed by atoms with Crippen LogP contribution in [0.15, 0.2) is 43.0 Å². The Hall–Kier alpha value is 0.0931. The normalized spacial score (nSPS) is 19.6. The van der Waals surface area contributed by atoms with Gasteiger partial charge in [0, 0.05) is 0 Å². The molecule has 0 aromatic rings. The van der Waals surface area contributed by atoms with E-state index in [4.69, 9.17) is 11.3 Å². The van der Waals surface area contributed by atoms with Gasteiger partial charge in [-0.1, -0.05) is 0 Å². The van der Waals surface area contributed by atoms with Gasteiger partial charge in [-0.15, -0.1) is 0 Å². The molecule has 2 rings (SSSR count). The number of hydrogen-bond acceptors (Lipinski definition) is 1. The van der Waals surface area contributed by atoms with Crippen LogP contribution in [0.25, 0.3) is 0 Å². The summed E-state index contributed by atoms with van der Waals surface area (Å²) >= 11 is -3.13. The molecule has 3 heteroatoms. The molecular formula is C12H15ClOZr. The molecule has 2 aliphatic carbocycles. The van der Waals surface area contributed by atoms with Gasteiger partial charge in [0.2, 0.25) is 0 Å². The van der Waals surface area contributed by atoms with Crippen molar-refractivity contribution in [2.75, 3.05) is 6.61 Å². The number of halogens is 1. The Bertz CT molecular complexity index is 336. The van der Waals surface area contributed by atoms with Crippen molar-refractivity contribution in [2.24, 2.45) is 0 Å². The fraction of sp³-hybridized carbons (Fsp3) is 0.333. The van der Waals surface area contributed by atoms with Gasteiger partial charge in [0.05, 0.1) is 0 Å². The van der Waals surface area contributed by atoms with Gasteiger partial charge in [-0.2, -0.15) is 0 Å². The maximum absolute atomic E-state index is 6.82. The quantitative estimate of drug-likeness (QED) is 0.764. The Labute approximate surface area is 99.7 Å². The van der Waals surface area contributed by atoms with E-state index < -0.39 is 19.5 Å². The zero-order valence-corrected chi connectivity index (χ0v) is 12.1. The summed E-state index contributed by atoms with van der Waals surface area (Å²) in [6.45, 7) is 2.74. The predicted molar refractivity (Wildman–Crippen MR) is 61.2 cm³/mol. The minimum atomic E-state index is -3.13. The third-order valence-corrected chi connectivity index (χ3v) is 13.8. The Kier molecular flexibility index (Phi) is 3.82.